The molecule has 0 spiro atoms. The summed E-state index contributed by atoms with van der Waals surface area (Å²) in [6.45, 7) is 1.37. The van der Waals surface area contributed by atoms with E-state index in [1.54, 1.807) is 36.4 Å². The van der Waals surface area contributed by atoms with Gasteiger partial charge in [-0.25, -0.2) is 0 Å². The summed E-state index contributed by atoms with van der Waals surface area (Å²) in [7, 11) is 0. The maximum atomic E-state index is 13.0. The van der Waals surface area contributed by atoms with Crippen molar-refractivity contribution in [2.24, 2.45) is 0 Å². The van der Waals surface area contributed by atoms with Gasteiger partial charge in [0, 0.05) is 24.4 Å². The normalized spacial score (nSPS) is 21.1. The van der Waals surface area contributed by atoms with Gasteiger partial charge in [0.2, 0.25) is 0 Å². The van der Waals surface area contributed by atoms with Crippen LogP contribution < -0.4 is 9.64 Å². The Hall–Kier alpha value is -2.86. The lowest BCUT2D eigenvalue weighted by Crippen LogP contribution is -2.31. The van der Waals surface area contributed by atoms with Gasteiger partial charge in [0.15, 0.2) is 0 Å². The molecule has 2 aliphatic rings. The summed E-state index contributed by atoms with van der Waals surface area (Å²) in [5, 5.41) is 9.48. The van der Waals surface area contributed by atoms with E-state index in [2.05, 4.69) is 0 Å². The van der Waals surface area contributed by atoms with Gasteiger partial charge in [-0.05, 0) is 42.7 Å². The zero-order valence-electron chi connectivity index (χ0n) is 14.8. The van der Waals surface area contributed by atoms with Crippen LogP contribution in [0.15, 0.2) is 48.5 Å². The predicted molar refractivity (Wildman–Crippen MR) is 99.4 cm³/mol. The number of nitrogens with zero attached hydrogens (tertiary/aromatic N) is 1. The van der Waals surface area contributed by atoms with Crippen LogP contribution in [0.4, 0.5) is 5.69 Å². The zero-order valence-corrected chi connectivity index (χ0v) is 14.8. The molecule has 1 fully saturated rings. The average molecular weight is 367 g/mol. The Labute approximate surface area is 157 Å². The molecule has 1 saturated heterocycles. The lowest BCUT2D eigenvalue weighted by atomic mass is 10.0. The molecule has 0 saturated carbocycles. The first-order valence-electron chi connectivity index (χ1n) is 9.11. The second-order valence-corrected chi connectivity index (χ2v) is 6.84. The molecule has 2 unspecified atom stereocenters. The van der Waals surface area contributed by atoms with Gasteiger partial charge in [0.25, 0.3) is 5.91 Å². The minimum Gasteiger partial charge on any atom is -0.491 e. The zero-order chi connectivity index (χ0) is 18.8. The van der Waals surface area contributed by atoms with Gasteiger partial charge in [0.05, 0.1) is 6.10 Å². The number of ether oxygens (including phenoxy) is 2. The van der Waals surface area contributed by atoms with Crippen LogP contribution in [0.25, 0.3) is 0 Å². The summed E-state index contributed by atoms with van der Waals surface area (Å²) in [6, 6.07) is 14.2. The fraction of sp³-hybridized carbons (Fsp3) is 0.333. The molecule has 6 heteroatoms. The fourth-order valence-electron chi connectivity index (χ4n) is 3.65. The van der Waals surface area contributed by atoms with Crippen LogP contribution in [0.2, 0.25) is 0 Å². The van der Waals surface area contributed by atoms with Crippen molar-refractivity contribution in [2.75, 3.05) is 24.7 Å². The van der Waals surface area contributed by atoms with E-state index < -0.39 is 11.9 Å². The number of para-hydroxylation sites is 1. The number of amides is 1. The Balaban J connectivity index is 1.53. The van der Waals surface area contributed by atoms with Gasteiger partial charge in [0.1, 0.15) is 18.3 Å². The molecule has 0 bridgehead atoms. The molecule has 2 aromatic rings. The molecule has 27 heavy (non-hydrogen) atoms. The minimum absolute atomic E-state index is 0.103. The maximum absolute atomic E-state index is 13.0. The maximum Gasteiger partial charge on any atom is 0.312 e. The number of carboxylic acids is 1. The number of anilines is 1. The summed E-state index contributed by atoms with van der Waals surface area (Å²) < 4.78 is 11.3. The smallest absolute Gasteiger partial charge is 0.312 e. The van der Waals surface area contributed by atoms with E-state index in [0.29, 0.717) is 29.2 Å². The van der Waals surface area contributed by atoms with Gasteiger partial charge >= 0.3 is 5.97 Å². The molecule has 1 amide bonds. The number of carbonyl (C=O) groups excluding carboxylic acids is 1. The second kappa shape index (κ2) is 7.40. The Bertz CT molecular complexity index is 859. The molecule has 2 heterocycles. The van der Waals surface area contributed by atoms with Gasteiger partial charge in [-0.2, -0.15) is 0 Å². The first-order chi connectivity index (χ1) is 13.1. The molecular weight excluding hydrogens is 346 g/mol. The third kappa shape index (κ3) is 3.53. The number of aliphatic carboxylic acids is 1. The molecule has 0 radical (unpaired) electrons. The summed E-state index contributed by atoms with van der Waals surface area (Å²) in [4.78, 5) is 26.1. The second-order valence-electron chi connectivity index (χ2n) is 6.84. The van der Waals surface area contributed by atoms with Crippen LogP contribution in [0, 0.1) is 0 Å². The highest BCUT2D eigenvalue weighted by molar-refractivity contribution is 6.08. The first-order valence-corrected chi connectivity index (χ1v) is 9.11. The van der Waals surface area contributed by atoms with Crippen LogP contribution in [0.3, 0.4) is 0 Å². The van der Waals surface area contributed by atoms with Gasteiger partial charge in [-0.3, -0.25) is 9.59 Å². The van der Waals surface area contributed by atoms with E-state index in [9.17, 15) is 14.7 Å². The molecule has 0 aromatic heterocycles. The van der Waals surface area contributed by atoms with E-state index in [4.69, 9.17) is 9.47 Å². The topological polar surface area (TPSA) is 76.1 Å². The Kier molecular flexibility index (Phi) is 4.81. The fourth-order valence-corrected chi connectivity index (χ4v) is 3.65. The Morgan fingerprint density at radius 2 is 2.04 bits per heavy atom. The van der Waals surface area contributed by atoms with Crippen molar-refractivity contribution < 1.29 is 24.2 Å². The van der Waals surface area contributed by atoms with Crippen LogP contribution in [-0.4, -0.2) is 42.8 Å². The van der Waals surface area contributed by atoms with E-state index in [1.165, 1.54) is 4.90 Å². The number of carboxylic acid groups (broad SMARTS) is 1. The lowest BCUT2D eigenvalue weighted by molar-refractivity contribution is -0.138. The standard InChI is InChI=1S/C21H21NO5/c23-20(22-12-18(21(24)25)17-8-1-2-9-19(17)22)14-5-3-6-15(11-14)27-13-16-7-4-10-26-16/h1-3,5-6,8-9,11,16,18H,4,7,10,12-13H2,(H,24,25). The van der Waals surface area contributed by atoms with Gasteiger partial charge < -0.3 is 19.5 Å². The summed E-state index contributed by atoms with van der Waals surface area (Å²) in [6.07, 6.45) is 2.14. The molecule has 4 rings (SSSR count). The summed E-state index contributed by atoms with van der Waals surface area (Å²) in [5.41, 5.74) is 1.80. The number of rotatable bonds is 5. The summed E-state index contributed by atoms with van der Waals surface area (Å²) in [5.74, 6) is -1.25. The summed E-state index contributed by atoms with van der Waals surface area (Å²) >= 11 is 0. The van der Waals surface area contributed by atoms with Crippen molar-refractivity contribution >= 4 is 17.6 Å². The van der Waals surface area contributed by atoms with E-state index in [0.717, 1.165) is 19.4 Å². The highest BCUT2D eigenvalue weighted by atomic mass is 16.5. The quantitative estimate of drug-likeness (QED) is 0.879. The largest absolute Gasteiger partial charge is 0.491 e. The van der Waals surface area contributed by atoms with Crippen LogP contribution in [0.5, 0.6) is 5.75 Å². The highest BCUT2D eigenvalue weighted by Crippen LogP contribution is 2.37. The number of hydrogen-bond acceptors (Lipinski definition) is 4. The number of benzene rings is 2. The molecule has 1 N–H and O–H groups in total. The number of hydrogen-bond donors (Lipinski definition) is 1. The van der Waals surface area contributed by atoms with Crippen LogP contribution >= 0.6 is 0 Å². The average Bonchev–Trinajstić information content (AvgIpc) is 3.34. The Morgan fingerprint density at radius 3 is 2.81 bits per heavy atom. The van der Waals surface area contributed by atoms with Crippen molar-refractivity contribution in [2.45, 2.75) is 24.9 Å². The molecule has 2 atom stereocenters. The third-order valence-corrected chi connectivity index (χ3v) is 5.05. The molecule has 2 aromatic carbocycles. The molecule has 2 aliphatic heterocycles. The van der Waals surface area contributed by atoms with E-state index in [1.807, 2.05) is 12.1 Å². The third-order valence-electron chi connectivity index (χ3n) is 5.05. The number of carbonyl (C=O) groups is 2. The van der Waals surface area contributed by atoms with Crippen molar-refractivity contribution in [3.63, 3.8) is 0 Å². The van der Waals surface area contributed by atoms with Crippen molar-refractivity contribution in [1.29, 1.82) is 0 Å². The first kappa shape index (κ1) is 17.5. The predicted octanol–water partition coefficient (Wildman–Crippen LogP) is 3.07. The molecule has 0 aliphatic carbocycles. The van der Waals surface area contributed by atoms with Gasteiger partial charge in [-0.15, -0.1) is 0 Å². The monoisotopic (exact) mass is 367 g/mol. The van der Waals surface area contributed by atoms with Crippen molar-refractivity contribution in [1.82, 2.24) is 0 Å². The minimum atomic E-state index is -0.925. The lowest BCUT2D eigenvalue weighted by Gasteiger charge is -2.18. The van der Waals surface area contributed by atoms with Gasteiger partial charge in [-0.1, -0.05) is 24.3 Å². The Morgan fingerprint density at radius 1 is 1.19 bits per heavy atom. The van der Waals surface area contributed by atoms with Crippen LogP contribution in [0.1, 0.15) is 34.7 Å². The highest BCUT2D eigenvalue weighted by Gasteiger charge is 2.36. The number of fused-ring (bicyclic) bond motifs is 1. The van der Waals surface area contributed by atoms with Crippen LogP contribution in [-0.2, 0) is 9.53 Å². The van der Waals surface area contributed by atoms with E-state index >= 15 is 0 Å². The molecular formula is C21H21NO5. The SMILES string of the molecule is O=C(O)C1CN(C(=O)c2cccc(OCC3CCCO3)c2)c2ccccc21. The van der Waals surface area contributed by atoms with E-state index in [-0.39, 0.29) is 18.6 Å². The molecule has 140 valence electrons. The van der Waals surface area contributed by atoms with Crippen molar-refractivity contribution in [3.8, 4) is 5.75 Å². The van der Waals surface area contributed by atoms with Crippen molar-refractivity contribution in [3.05, 3.63) is 59.7 Å². The molecule has 6 nitrogen and oxygen atoms in total.